The summed E-state index contributed by atoms with van der Waals surface area (Å²) >= 11 is 3.28. The average molecular weight is 271 g/mol. The number of hydrogen-bond acceptors (Lipinski definition) is 4. The zero-order valence-electron chi connectivity index (χ0n) is 7.55. The summed E-state index contributed by atoms with van der Waals surface area (Å²) in [5, 5.41) is 10.7. The van der Waals surface area contributed by atoms with Crippen LogP contribution in [0.2, 0.25) is 0 Å². The fourth-order valence-corrected chi connectivity index (χ4v) is 1.72. The number of pyridine rings is 1. The largest absolute Gasteiger partial charge is 0.389 e. The Kier molecular flexibility index (Phi) is 2.41. The molecule has 0 aliphatic rings. The molecule has 2 aromatic heterocycles. The van der Waals surface area contributed by atoms with E-state index in [1.165, 1.54) is 0 Å². The third-order valence-corrected chi connectivity index (χ3v) is 2.48. The van der Waals surface area contributed by atoms with E-state index < -0.39 is 4.92 Å². The smallest absolute Gasteiger partial charge is 0.358 e. The summed E-state index contributed by atoms with van der Waals surface area (Å²) in [7, 11) is 0. The van der Waals surface area contributed by atoms with Crippen molar-refractivity contribution in [2.24, 2.45) is 5.73 Å². The van der Waals surface area contributed by atoms with Gasteiger partial charge in [0.2, 0.25) is 5.82 Å². The van der Waals surface area contributed by atoms with Gasteiger partial charge in [-0.1, -0.05) is 0 Å². The first-order valence-corrected chi connectivity index (χ1v) is 4.93. The molecule has 0 aromatic carbocycles. The van der Waals surface area contributed by atoms with Crippen LogP contribution in [0.4, 0.5) is 5.82 Å². The van der Waals surface area contributed by atoms with Gasteiger partial charge in [0.1, 0.15) is 5.52 Å². The van der Waals surface area contributed by atoms with E-state index in [0.717, 1.165) is 4.47 Å². The number of nitrogens with two attached hydrogens (primary N) is 1. The van der Waals surface area contributed by atoms with Crippen LogP contribution < -0.4 is 5.73 Å². The molecule has 7 heteroatoms. The van der Waals surface area contributed by atoms with E-state index in [9.17, 15) is 10.1 Å². The molecule has 2 N–H and O–H groups in total. The maximum Gasteiger partial charge on any atom is 0.389 e. The Morgan fingerprint density at radius 2 is 2.33 bits per heavy atom. The molecule has 0 aliphatic heterocycles. The minimum Gasteiger partial charge on any atom is -0.358 e. The second-order valence-electron chi connectivity index (χ2n) is 2.92. The van der Waals surface area contributed by atoms with Crippen LogP contribution in [-0.4, -0.2) is 14.3 Å². The van der Waals surface area contributed by atoms with Crippen molar-refractivity contribution in [3.63, 3.8) is 0 Å². The monoisotopic (exact) mass is 270 g/mol. The van der Waals surface area contributed by atoms with Gasteiger partial charge in [-0.15, -0.1) is 0 Å². The summed E-state index contributed by atoms with van der Waals surface area (Å²) in [5.74, 6) is 0.306. The molecule has 0 aliphatic carbocycles. The number of nitro groups is 1. The van der Waals surface area contributed by atoms with E-state index in [1.54, 1.807) is 22.7 Å². The molecule has 15 heavy (non-hydrogen) atoms. The van der Waals surface area contributed by atoms with E-state index >= 15 is 0 Å². The molecule has 0 saturated carbocycles. The first-order chi connectivity index (χ1) is 7.13. The molecule has 2 aromatic rings. The van der Waals surface area contributed by atoms with Gasteiger partial charge in [0.05, 0.1) is 6.54 Å². The number of aromatic nitrogens is 2. The van der Waals surface area contributed by atoms with Crippen LogP contribution in [0.3, 0.4) is 0 Å². The van der Waals surface area contributed by atoms with E-state index in [4.69, 9.17) is 5.73 Å². The second kappa shape index (κ2) is 3.59. The van der Waals surface area contributed by atoms with Crippen molar-refractivity contribution in [2.45, 2.75) is 6.54 Å². The van der Waals surface area contributed by atoms with Gasteiger partial charge in [-0.3, -0.25) is 4.40 Å². The van der Waals surface area contributed by atoms with Gasteiger partial charge in [-0.05, 0) is 38.0 Å². The SMILES string of the molecule is NCc1nc([N+](=O)[O-])c2ccc(Br)cn12. The van der Waals surface area contributed by atoms with Crippen LogP contribution >= 0.6 is 15.9 Å². The lowest BCUT2D eigenvalue weighted by atomic mass is 10.4. The van der Waals surface area contributed by atoms with Crippen molar-refractivity contribution < 1.29 is 4.92 Å². The fourth-order valence-electron chi connectivity index (χ4n) is 1.38. The molecule has 0 radical (unpaired) electrons. The third kappa shape index (κ3) is 1.59. The number of imidazole rings is 1. The molecule has 0 saturated heterocycles. The lowest BCUT2D eigenvalue weighted by molar-refractivity contribution is -0.387. The quantitative estimate of drug-likeness (QED) is 0.661. The van der Waals surface area contributed by atoms with Crippen LogP contribution in [0, 0.1) is 10.1 Å². The minimum absolute atomic E-state index is 0.158. The highest BCUT2D eigenvalue weighted by atomic mass is 79.9. The molecule has 0 spiro atoms. The van der Waals surface area contributed by atoms with Gasteiger partial charge in [-0.2, -0.15) is 0 Å². The van der Waals surface area contributed by atoms with Crippen LogP contribution in [0.1, 0.15) is 5.82 Å². The summed E-state index contributed by atoms with van der Waals surface area (Å²) in [6, 6.07) is 3.36. The maximum atomic E-state index is 10.7. The standard InChI is InChI=1S/C8H7BrN4O2/c9-5-1-2-6-8(13(14)15)11-7(3-10)12(6)4-5/h1-2,4H,3,10H2. The Balaban J connectivity index is 2.81. The highest BCUT2D eigenvalue weighted by Crippen LogP contribution is 2.22. The lowest BCUT2D eigenvalue weighted by Crippen LogP contribution is -2.02. The minimum atomic E-state index is -0.512. The molecule has 0 unspecified atom stereocenters. The molecule has 0 amide bonds. The first kappa shape index (κ1) is 10.1. The summed E-state index contributed by atoms with van der Waals surface area (Å²) in [6.45, 7) is 0.158. The normalized spacial score (nSPS) is 10.8. The van der Waals surface area contributed by atoms with Gasteiger partial charge in [-0.25, -0.2) is 0 Å². The van der Waals surface area contributed by atoms with E-state index in [0.29, 0.717) is 11.3 Å². The Bertz CT molecular complexity index is 537. The van der Waals surface area contributed by atoms with E-state index in [-0.39, 0.29) is 12.4 Å². The summed E-state index contributed by atoms with van der Waals surface area (Å²) in [6.07, 6.45) is 1.71. The summed E-state index contributed by atoms with van der Waals surface area (Å²) in [5.41, 5.74) is 5.91. The van der Waals surface area contributed by atoms with Crippen molar-refractivity contribution in [1.82, 2.24) is 9.38 Å². The zero-order valence-corrected chi connectivity index (χ0v) is 9.14. The first-order valence-electron chi connectivity index (χ1n) is 4.14. The molecule has 0 bridgehead atoms. The molecule has 0 atom stereocenters. The molecule has 78 valence electrons. The highest BCUT2D eigenvalue weighted by Gasteiger charge is 2.20. The van der Waals surface area contributed by atoms with E-state index in [1.807, 2.05) is 0 Å². The topological polar surface area (TPSA) is 86.5 Å². The predicted octanol–water partition coefficient (Wildman–Crippen LogP) is 1.46. The highest BCUT2D eigenvalue weighted by molar-refractivity contribution is 9.10. The van der Waals surface area contributed by atoms with Crippen LogP contribution in [0.5, 0.6) is 0 Å². The molecule has 2 heterocycles. The molecule has 6 nitrogen and oxygen atoms in total. The molecular weight excluding hydrogens is 264 g/mol. The second-order valence-corrected chi connectivity index (χ2v) is 3.83. The predicted molar refractivity (Wildman–Crippen MR) is 57.4 cm³/mol. The summed E-state index contributed by atoms with van der Waals surface area (Å²) in [4.78, 5) is 14.1. The molecular formula is C8H7BrN4O2. The third-order valence-electron chi connectivity index (χ3n) is 2.01. The zero-order chi connectivity index (χ0) is 11.0. The van der Waals surface area contributed by atoms with Crippen molar-refractivity contribution in [3.8, 4) is 0 Å². The molecule has 0 fully saturated rings. The Hall–Kier alpha value is -1.47. The van der Waals surface area contributed by atoms with Crippen LogP contribution in [0.15, 0.2) is 22.8 Å². The van der Waals surface area contributed by atoms with Gasteiger partial charge in [0, 0.05) is 10.7 Å². The van der Waals surface area contributed by atoms with E-state index in [2.05, 4.69) is 20.9 Å². The maximum absolute atomic E-state index is 10.7. The number of halogens is 1. The Morgan fingerprint density at radius 3 is 2.93 bits per heavy atom. The number of nitrogens with zero attached hydrogens (tertiary/aromatic N) is 3. The van der Waals surface area contributed by atoms with Crippen molar-refractivity contribution in [3.05, 3.63) is 38.7 Å². The van der Waals surface area contributed by atoms with Crippen LogP contribution in [0.25, 0.3) is 5.52 Å². The van der Waals surface area contributed by atoms with Crippen molar-refractivity contribution in [2.75, 3.05) is 0 Å². The van der Waals surface area contributed by atoms with Gasteiger partial charge >= 0.3 is 5.82 Å². The Labute approximate surface area is 93.0 Å². The number of fused-ring (bicyclic) bond motifs is 1. The number of hydrogen-bond donors (Lipinski definition) is 1. The lowest BCUT2D eigenvalue weighted by Gasteiger charge is -1.95. The molecule has 2 rings (SSSR count). The van der Waals surface area contributed by atoms with Gasteiger partial charge in [0.15, 0.2) is 0 Å². The van der Waals surface area contributed by atoms with Crippen molar-refractivity contribution in [1.29, 1.82) is 0 Å². The number of rotatable bonds is 2. The van der Waals surface area contributed by atoms with Crippen molar-refractivity contribution >= 4 is 27.3 Å². The Morgan fingerprint density at radius 1 is 1.60 bits per heavy atom. The van der Waals surface area contributed by atoms with Gasteiger partial charge < -0.3 is 15.8 Å². The fraction of sp³-hybridized carbons (Fsp3) is 0.125. The average Bonchev–Trinajstić information content (AvgIpc) is 2.55. The summed E-state index contributed by atoms with van der Waals surface area (Å²) < 4.78 is 2.43. The van der Waals surface area contributed by atoms with Gasteiger partial charge in [0.25, 0.3) is 0 Å². The van der Waals surface area contributed by atoms with Crippen LogP contribution in [-0.2, 0) is 6.54 Å².